The first kappa shape index (κ1) is 23.5. The molecule has 4 aliphatic rings. The maximum absolute atomic E-state index is 13.2. The molecule has 0 saturated carbocycles. The van der Waals surface area contributed by atoms with E-state index in [1.54, 1.807) is 0 Å². The van der Waals surface area contributed by atoms with Crippen LogP contribution in [0.5, 0.6) is 5.75 Å². The van der Waals surface area contributed by atoms with Gasteiger partial charge in [0.05, 0.1) is 5.69 Å². The molecule has 0 bridgehead atoms. The number of ether oxygens (including phenoxy) is 1. The number of nitrogens with zero attached hydrogens (tertiary/aromatic N) is 3. The van der Waals surface area contributed by atoms with E-state index in [1.165, 1.54) is 20.9 Å². The predicted molar refractivity (Wildman–Crippen MR) is 141 cm³/mol. The molecule has 6 nitrogen and oxygen atoms in total. The molecule has 2 heterocycles. The highest BCUT2D eigenvalue weighted by Gasteiger charge is 2.40. The van der Waals surface area contributed by atoms with E-state index in [9.17, 15) is 9.59 Å². The van der Waals surface area contributed by atoms with Gasteiger partial charge in [-0.15, -0.1) is 0 Å². The van der Waals surface area contributed by atoms with Gasteiger partial charge in [0.15, 0.2) is 10.9 Å². The van der Waals surface area contributed by atoms with E-state index in [4.69, 9.17) is 17.0 Å². The van der Waals surface area contributed by atoms with Crippen molar-refractivity contribution in [1.82, 2.24) is 9.80 Å². The minimum absolute atomic E-state index is 0.268. The Balaban J connectivity index is 1.50. The standard InChI is InChI=1S/C28H31N3O3S/c1-4-29-22-9-7-8-10-23(22)34-24(29)16-18-11-12-19-13-14-20(17-21(19)15-18)25-26(32)30(5-2)28(35)31(6-3)27(25)33/h7-10,15-17,19H,4-6,11-14H2,1-3H3/b24-16-. The van der Waals surface area contributed by atoms with Gasteiger partial charge in [-0.1, -0.05) is 24.3 Å². The van der Waals surface area contributed by atoms with Gasteiger partial charge in [-0.3, -0.25) is 19.4 Å². The summed E-state index contributed by atoms with van der Waals surface area (Å²) in [5, 5.41) is 0.306. The average Bonchev–Trinajstić information content (AvgIpc) is 3.21. The minimum atomic E-state index is -0.268. The van der Waals surface area contributed by atoms with Crippen molar-refractivity contribution in [3.63, 3.8) is 0 Å². The second-order valence-corrected chi connectivity index (χ2v) is 9.58. The first-order valence-corrected chi connectivity index (χ1v) is 13.0. The number of para-hydroxylation sites is 2. The number of fused-ring (bicyclic) bond motifs is 2. The molecule has 1 fully saturated rings. The van der Waals surface area contributed by atoms with Crippen LogP contribution in [0, 0.1) is 5.92 Å². The second-order valence-electron chi connectivity index (χ2n) is 9.22. The van der Waals surface area contributed by atoms with Gasteiger partial charge in [-0.2, -0.15) is 0 Å². The molecule has 0 radical (unpaired) electrons. The Kier molecular flexibility index (Phi) is 6.36. The molecule has 5 rings (SSSR count). The van der Waals surface area contributed by atoms with Crippen LogP contribution in [-0.4, -0.2) is 46.4 Å². The van der Waals surface area contributed by atoms with E-state index in [0.29, 0.717) is 24.1 Å². The summed E-state index contributed by atoms with van der Waals surface area (Å²) in [7, 11) is 0. The lowest BCUT2D eigenvalue weighted by atomic mass is 9.76. The highest BCUT2D eigenvalue weighted by molar-refractivity contribution is 7.80. The van der Waals surface area contributed by atoms with Crippen LogP contribution in [0.25, 0.3) is 0 Å². The number of thiocarbonyl (C=S) groups is 1. The summed E-state index contributed by atoms with van der Waals surface area (Å²) in [6.45, 7) is 7.62. The van der Waals surface area contributed by atoms with Gasteiger partial charge in [0.25, 0.3) is 11.8 Å². The molecule has 2 aliphatic carbocycles. The number of benzene rings is 1. The Morgan fingerprint density at radius 1 is 0.943 bits per heavy atom. The van der Waals surface area contributed by atoms with Crippen LogP contribution in [-0.2, 0) is 9.59 Å². The number of hydrogen-bond donors (Lipinski definition) is 0. The van der Waals surface area contributed by atoms with E-state index < -0.39 is 0 Å². The summed E-state index contributed by atoms with van der Waals surface area (Å²) in [5.74, 6) is 1.64. The van der Waals surface area contributed by atoms with Gasteiger partial charge in [0.1, 0.15) is 5.57 Å². The number of hydrogen-bond acceptors (Lipinski definition) is 5. The number of amides is 2. The molecule has 1 unspecified atom stereocenters. The van der Waals surface area contributed by atoms with Gasteiger partial charge in [0, 0.05) is 25.7 Å². The Labute approximate surface area is 212 Å². The van der Waals surface area contributed by atoms with Crippen molar-refractivity contribution in [3.8, 4) is 5.75 Å². The highest BCUT2D eigenvalue weighted by Crippen LogP contribution is 2.42. The number of anilines is 1. The maximum atomic E-state index is 13.2. The lowest BCUT2D eigenvalue weighted by molar-refractivity contribution is -0.133. The maximum Gasteiger partial charge on any atom is 0.265 e. The quantitative estimate of drug-likeness (QED) is 0.335. The topological polar surface area (TPSA) is 53.1 Å². The summed E-state index contributed by atoms with van der Waals surface area (Å²) in [6.07, 6.45) is 10.1. The molecule has 35 heavy (non-hydrogen) atoms. The molecule has 1 aromatic carbocycles. The van der Waals surface area contributed by atoms with Crippen LogP contribution >= 0.6 is 12.2 Å². The van der Waals surface area contributed by atoms with E-state index in [0.717, 1.165) is 55.1 Å². The zero-order valence-electron chi connectivity index (χ0n) is 20.5. The fourth-order valence-electron chi connectivity index (χ4n) is 5.45. The molecule has 0 aromatic heterocycles. The Bertz CT molecular complexity index is 1200. The molecule has 0 spiro atoms. The van der Waals surface area contributed by atoms with E-state index in [-0.39, 0.29) is 17.4 Å². The number of rotatable bonds is 4. The smallest absolute Gasteiger partial charge is 0.265 e. The molecule has 1 aromatic rings. The van der Waals surface area contributed by atoms with Crippen LogP contribution in [0.4, 0.5) is 5.69 Å². The lowest BCUT2D eigenvalue weighted by Crippen LogP contribution is -2.56. The van der Waals surface area contributed by atoms with E-state index in [1.807, 2.05) is 32.0 Å². The van der Waals surface area contributed by atoms with Crippen LogP contribution in [0.2, 0.25) is 0 Å². The monoisotopic (exact) mass is 489 g/mol. The first-order chi connectivity index (χ1) is 17.0. The Morgan fingerprint density at radius 3 is 2.29 bits per heavy atom. The average molecular weight is 490 g/mol. The third-order valence-corrected chi connectivity index (χ3v) is 7.74. The van der Waals surface area contributed by atoms with Gasteiger partial charge >= 0.3 is 0 Å². The van der Waals surface area contributed by atoms with Crippen LogP contribution in [0.3, 0.4) is 0 Å². The van der Waals surface area contributed by atoms with Crippen molar-refractivity contribution < 1.29 is 14.3 Å². The molecule has 0 N–H and O–H groups in total. The molecule has 2 amide bonds. The summed E-state index contributed by atoms with van der Waals surface area (Å²) in [6, 6.07) is 8.09. The number of carbonyl (C=O) groups is 2. The lowest BCUT2D eigenvalue weighted by Gasteiger charge is -2.37. The molecule has 1 atom stereocenters. The van der Waals surface area contributed by atoms with Crippen molar-refractivity contribution >= 4 is 34.8 Å². The number of carbonyl (C=O) groups excluding carboxylic acids is 2. The zero-order chi connectivity index (χ0) is 24.7. The van der Waals surface area contributed by atoms with Crippen molar-refractivity contribution in [2.24, 2.45) is 5.92 Å². The summed E-state index contributed by atoms with van der Waals surface area (Å²) in [4.78, 5) is 31.7. The summed E-state index contributed by atoms with van der Waals surface area (Å²) >= 11 is 5.42. The predicted octanol–water partition coefficient (Wildman–Crippen LogP) is 5.10. The van der Waals surface area contributed by atoms with Gasteiger partial charge in [-0.25, -0.2) is 0 Å². The van der Waals surface area contributed by atoms with Crippen molar-refractivity contribution in [3.05, 3.63) is 70.7 Å². The fraction of sp³-hybridized carbons (Fsp3) is 0.393. The summed E-state index contributed by atoms with van der Waals surface area (Å²) < 4.78 is 6.16. The van der Waals surface area contributed by atoms with E-state index >= 15 is 0 Å². The largest absolute Gasteiger partial charge is 0.439 e. The van der Waals surface area contributed by atoms with Crippen molar-refractivity contribution in [2.75, 3.05) is 24.5 Å². The number of allylic oxidation sites excluding steroid dienone is 6. The number of likely N-dealkylation sites (N-methyl/N-ethyl adjacent to an activating group) is 2. The molecule has 7 heteroatoms. The van der Waals surface area contributed by atoms with Crippen molar-refractivity contribution in [1.29, 1.82) is 0 Å². The van der Waals surface area contributed by atoms with Gasteiger partial charge in [-0.05, 0) is 93.4 Å². The third-order valence-electron chi connectivity index (χ3n) is 7.30. The van der Waals surface area contributed by atoms with Gasteiger partial charge < -0.3 is 9.64 Å². The van der Waals surface area contributed by atoms with Crippen LogP contribution in [0.1, 0.15) is 46.5 Å². The SMILES string of the molecule is CCN1C(=O)C(=C2C=C3C=C(/C=C4\Oc5ccccc5N4CC)CCC3CC2)C(=O)N(CC)C1=S. The molecule has 182 valence electrons. The minimum Gasteiger partial charge on any atom is -0.439 e. The van der Waals surface area contributed by atoms with Crippen molar-refractivity contribution in [2.45, 2.75) is 46.5 Å². The summed E-state index contributed by atoms with van der Waals surface area (Å²) in [5.41, 5.74) is 4.59. The molecule has 2 aliphatic heterocycles. The van der Waals surface area contributed by atoms with Gasteiger partial charge in [0.2, 0.25) is 5.88 Å². The highest BCUT2D eigenvalue weighted by atomic mass is 32.1. The fourth-order valence-corrected chi connectivity index (χ4v) is 5.88. The molecular weight excluding hydrogens is 458 g/mol. The Hall–Kier alpha value is -3.19. The zero-order valence-corrected chi connectivity index (χ0v) is 21.4. The van der Waals surface area contributed by atoms with Crippen LogP contribution in [0.15, 0.2) is 70.7 Å². The third kappa shape index (κ3) is 4.01. The normalized spacial score (nSPS) is 23.4. The Morgan fingerprint density at radius 2 is 1.60 bits per heavy atom. The molecular formula is C28H31N3O3S. The first-order valence-electron chi connectivity index (χ1n) is 12.6. The second kappa shape index (κ2) is 9.46. The van der Waals surface area contributed by atoms with E-state index in [2.05, 4.69) is 36.1 Å². The molecule has 1 saturated heterocycles. The van der Waals surface area contributed by atoms with Crippen LogP contribution < -0.4 is 9.64 Å².